The van der Waals surface area contributed by atoms with E-state index < -0.39 is 0 Å². The lowest BCUT2D eigenvalue weighted by Gasteiger charge is -2.16. The van der Waals surface area contributed by atoms with Gasteiger partial charge in [-0.05, 0) is 17.9 Å². The average molecular weight is 190 g/mol. The Hall–Kier alpha value is -1.16. The van der Waals surface area contributed by atoms with Crippen molar-refractivity contribution in [1.29, 1.82) is 0 Å². The van der Waals surface area contributed by atoms with Gasteiger partial charge in [0.15, 0.2) is 0 Å². The lowest BCUT2D eigenvalue weighted by molar-refractivity contribution is 0.533. The standard InChI is InChI=1S/C10H14N4/c1-2-12-10(13-3-1)14-6-8-4-11-5-9(8)7-14/h1-3,8-9,11H,4-7H2/t8-,9-/m1/s1. The molecule has 4 nitrogen and oxygen atoms in total. The molecule has 2 aliphatic heterocycles. The minimum atomic E-state index is 0.804. The fraction of sp³-hybridized carbons (Fsp3) is 0.600. The first-order valence-corrected chi connectivity index (χ1v) is 5.16. The Morgan fingerprint density at radius 1 is 1.14 bits per heavy atom. The number of nitrogens with one attached hydrogen (secondary N) is 1. The highest BCUT2D eigenvalue weighted by Gasteiger charge is 2.36. The van der Waals surface area contributed by atoms with Gasteiger partial charge in [0.25, 0.3) is 0 Å². The summed E-state index contributed by atoms with van der Waals surface area (Å²) in [6.45, 7) is 4.55. The largest absolute Gasteiger partial charge is 0.340 e. The fourth-order valence-corrected chi connectivity index (χ4v) is 2.47. The van der Waals surface area contributed by atoms with Crippen molar-refractivity contribution in [2.24, 2.45) is 11.8 Å². The number of fused-ring (bicyclic) bond motifs is 1. The summed E-state index contributed by atoms with van der Waals surface area (Å²) in [5, 5.41) is 3.43. The van der Waals surface area contributed by atoms with E-state index >= 15 is 0 Å². The van der Waals surface area contributed by atoms with E-state index in [0.29, 0.717) is 0 Å². The second-order valence-corrected chi connectivity index (χ2v) is 4.13. The van der Waals surface area contributed by atoms with E-state index in [9.17, 15) is 0 Å². The van der Waals surface area contributed by atoms with Crippen molar-refractivity contribution in [3.8, 4) is 0 Å². The molecule has 0 bridgehead atoms. The lowest BCUT2D eigenvalue weighted by atomic mass is 10.0. The van der Waals surface area contributed by atoms with E-state index in [1.807, 2.05) is 18.5 Å². The second kappa shape index (κ2) is 3.20. The zero-order valence-electron chi connectivity index (χ0n) is 8.06. The number of hydrogen-bond acceptors (Lipinski definition) is 4. The zero-order valence-corrected chi connectivity index (χ0v) is 8.06. The third-order valence-electron chi connectivity index (χ3n) is 3.22. The van der Waals surface area contributed by atoms with Gasteiger partial charge in [-0.25, -0.2) is 9.97 Å². The number of rotatable bonds is 1. The van der Waals surface area contributed by atoms with E-state index in [1.54, 1.807) is 0 Å². The van der Waals surface area contributed by atoms with Crippen LogP contribution in [0.3, 0.4) is 0 Å². The molecule has 0 unspecified atom stereocenters. The Morgan fingerprint density at radius 3 is 2.43 bits per heavy atom. The van der Waals surface area contributed by atoms with Crippen molar-refractivity contribution in [2.45, 2.75) is 0 Å². The molecule has 0 spiro atoms. The van der Waals surface area contributed by atoms with Gasteiger partial charge in [0.1, 0.15) is 0 Å². The second-order valence-electron chi connectivity index (χ2n) is 4.13. The van der Waals surface area contributed by atoms with Gasteiger partial charge in [-0.3, -0.25) is 0 Å². The zero-order chi connectivity index (χ0) is 9.38. The van der Waals surface area contributed by atoms with Crippen LogP contribution in [0.4, 0.5) is 5.95 Å². The first kappa shape index (κ1) is 8.17. The van der Waals surface area contributed by atoms with Crippen LogP contribution in [-0.4, -0.2) is 36.1 Å². The summed E-state index contributed by atoms with van der Waals surface area (Å²) in [7, 11) is 0. The molecule has 0 aliphatic carbocycles. The number of nitrogens with zero attached hydrogens (tertiary/aromatic N) is 3. The molecular formula is C10H14N4. The predicted molar refractivity (Wildman–Crippen MR) is 54.1 cm³/mol. The van der Waals surface area contributed by atoms with E-state index in [-0.39, 0.29) is 0 Å². The summed E-state index contributed by atoms with van der Waals surface area (Å²) in [5.74, 6) is 2.50. The minimum Gasteiger partial charge on any atom is -0.340 e. The molecule has 0 aromatic carbocycles. The van der Waals surface area contributed by atoms with Crippen molar-refractivity contribution >= 4 is 5.95 Å². The molecule has 4 heteroatoms. The van der Waals surface area contributed by atoms with Crippen molar-refractivity contribution in [3.05, 3.63) is 18.5 Å². The van der Waals surface area contributed by atoms with Crippen LogP contribution in [0.25, 0.3) is 0 Å². The molecule has 2 aliphatic rings. The van der Waals surface area contributed by atoms with Crippen LogP contribution in [0.1, 0.15) is 0 Å². The highest BCUT2D eigenvalue weighted by molar-refractivity contribution is 5.31. The van der Waals surface area contributed by atoms with Crippen LogP contribution < -0.4 is 10.2 Å². The van der Waals surface area contributed by atoms with Gasteiger partial charge in [0, 0.05) is 38.6 Å². The summed E-state index contributed by atoms with van der Waals surface area (Å²) in [6.07, 6.45) is 3.63. The quantitative estimate of drug-likeness (QED) is 0.683. The van der Waals surface area contributed by atoms with Crippen LogP contribution >= 0.6 is 0 Å². The van der Waals surface area contributed by atoms with Gasteiger partial charge in [-0.15, -0.1) is 0 Å². The predicted octanol–water partition coefficient (Wildman–Crippen LogP) is 0.132. The maximum atomic E-state index is 4.28. The number of hydrogen-bond donors (Lipinski definition) is 1. The Kier molecular flexibility index (Phi) is 1.87. The maximum absolute atomic E-state index is 4.28. The summed E-state index contributed by atoms with van der Waals surface area (Å²) in [4.78, 5) is 10.9. The Balaban J connectivity index is 1.77. The molecular weight excluding hydrogens is 176 g/mol. The van der Waals surface area contributed by atoms with E-state index in [4.69, 9.17) is 0 Å². The lowest BCUT2D eigenvalue weighted by Crippen LogP contribution is -2.26. The fourth-order valence-electron chi connectivity index (χ4n) is 2.47. The molecule has 1 aromatic heterocycles. The molecule has 2 atom stereocenters. The average Bonchev–Trinajstić information content (AvgIpc) is 2.78. The Bertz CT molecular complexity index is 301. The van der Waals surface area contributed by atoms with Crippen molar-refractivity contribution in [2.75, 3.05) is 31.1 Å². The molecule has 0 radical (unpaired) electrons. The summed E-state index contributed by atoms with van der Waals surface area (Å²) in [5.41, 5.74) is 0. The number of aromatic nitrogens is 2. The smallest absolute Gasteiger partial charge is 0.225 e. The summed E-state index contributed by atoms with van der Waals surface area (Å²) >= 11 is 0. The first-order chi connectivity index (χ1) is 6.93. The minimum absolute atomic E-state index is 0.804. The molecule has 2 fully saturated rings. The van der Waals surface area contributed by atoms with E-state index in [0.717, 1.165) is 44.0 Å². The molecule has 1 aromatic rings. The first-order valence-electron chi connectivity index (χ1n) is 5.16. The van der Waals surface area contributed by atoms with Gasteiger partial charge in [0.2, 0.25) is 5.95 Å². The summed E-state index contributed by atoms with van der Waals surface area (Å²) < 4.78 is 0. The molecule has 0 amide bonds. The third kappa shape index (κ3) is 1.26. The van der Waals surface area contributed by atoms with Crippen molar-refractivity contribution < 1.29 is 0 Å². The molecule has 74 valence electrons. The Labute approximate surface area is 83.4 Å². The third-order valence-corrected chi connectivity index (χ3v) is 3.22. The molecule has 1 N–H and O–H groups in total. The molecule has 3 heterocycles. The highest BCUT2D eigenvalue weighted by Crippen LogP contribution is 2.28. The van der Waals surface area contributed by atoms with Crippen molar-refractivity contribution in [3.63, 3.8) is 0 Å². The van der Waals surface area contributed by atoms with Crippen LogP contribution in [0, 0.1) is 11.8 Å². The van der Waals surface area contributed by atoms with Gasteiger partial charge < -0.3 is 10.2 Å². The number of anilines is 1. The van der Waals surface area contributed by atoms with E-state index in [1.165, 1.54) is 0 Å². The van der Waals surface area contributed by atoms with Gasteiger partial charge in [-0.1, -0.05) is 0 Å². The highest BCUT2D eigenvalue weighted by atomic mass is 15.3. The van der Waals surface area contributed by atoms with Gasteiger partial charge in [-0.2, -0.15) is 0 Å². The molecule has 0 saturated carbocycles. The molecule has 2 saturated heterocycles. The normalized spacial score (nSPS) is 30.7. The van der Waals surface area contributed by atoms with Crippen LogP contribution in [-0.2, 0) is 0 Å². The van der Waals surface area contributed by atoms with Crippen LogP contribution in [0.5, 0.6) is 0 Å². The van der Waals surface area contributed by atoms with Crippen LogP contribution in [0.15, 0.2) is 18.5 Å². The SMILES string of the molecule is c1cnc(N2C[C@H]3CNC[C@@H]3C2)nc1. The monoisotopic (exact) mass is 190 g/mol. The summed E-state index contributed by atoms with van der Waals surface area (Å²) in [6, 6.07) is 1.86. The molecule has 14 heavy (non-hydrogen) atoms. The maximum Gasteiger partial charge on any atom is 0.225 e. The topological polar surface area (TPSA) is 41.1 Å². The molecule has 3 rings (SSSR count). The van der Waals surface area contributed by atoms with Gasteiger partial charge in [0.05, 0.1) is 0 Å². The van der Waals surface area contributed by atoms with E-state index in [2.05, 4.69) is 20.2 Å². The Morgan fingerprint density at radius 2 is 1.79 bits per heavy atom. The van der Waals surface area contributed by atoms with Gasteiger partial charge >= 0.3 is 0 Å². The van der Waals surface area contributed by atoms with Crippen molar-refractivity contribution in [1.82, 2.24) is 15.3 Å². The van der Waals surface area contributed by atoms with Crippen LogP contribution in [0.2, 0.25) is 0 Å².